The molecule has 0 aliphatic carbocycles. The molecule has 0 heterocycles. The van der Waals surface area contributed by atoms with Crippen molar-refractivity contribution < 1.29 is 0 Å². The van der Waals surface area contributed by atoms with Crippen molar-refractivity contribution in [3.8, 4) is 0 Å². The molecule has 2 aromatic rings. The van der Waals surface area contributed by atoms with Gasteiger partial charge in [-0.2, -0.15) is 0 Å². The van der Waals surface area contributed by atoms with Crippen LogP contribution in [0.3, 0.4) is 0 Å². The maximum atomic E-state index is 2.32. The lowest BCUT2D eigenvalue weighted by Crippen LogP contribution is -2.21. The Morgan fingerprint density at radius 1 is 0.857 bits per heavy atom. The third-order valence-electron chi connectivity index (χ3n) is 3.79. The second-order valence-electron chi connectivity index (χ2n) is 7.08. The number of hydrogen-bond acceptors (Lipinski definition) is 0. The standard InChI is InChI=1S/C21H26/c1-15(2)17-10-8-12-19(14-17)20(21(4,5)6)18-11-7-9-16(3)13-18/h7-14H,1-6H3. The fraction of sp³-hybridized carbons (Fsp3) is 0.333. The molecule has 2 rings (SSSR count). The smallest absolute Gasteiger partial charge is 0.119 e. The zero-order chi connectivity index (χ0) is 15.6. The van der Waals surface area contributed by atoms with Gasteiger partial charge in [-0.05, 0) is 24.0 Å². The minimum atomic E-state index is 0.105. The molecule has 0 atom stereocenters. The fourth-order valence-electron chi connectivity index (χ4n) is 2.82. The molecular formula is C21H26. The Morgan fingerprint density at radius 2 is 1.43 bits per heavy atom. The maximum absolute atomic E-state index is 2.32. The molecule has 0 spiro atoms. The minimum absolute atomic E-state index is 0.105. The average Bonchev–Trinajstić information content (AvgIpc) is 2.37. The molecule has 0 unspecified atom stereocenters. The van der Waals surface area contributed by atoms with Crippen molar-refractivity contribution in [2.45, 2.75) is 41.5 Å². The normalized spacial score (nSPS) is 11.3. The lowest BCUT2D eigenvalue weighted by Gasteiger charge is -2.36. The van der Waals surface area contributed by atoms with Gasteiger partial charge < -0.3 is 0 Å². The van der Waals surface area contributed by atoms with Crippen molar-refractivity contribution in [2.75, 3.05) is 0 Å². The molecule has 0 aliphatic heterocycles. The Morgan fingerprint density at radius 3 is 1.95 bits per heavy atom. The van der Waals surface area contributed by atoms with Gasteiger partial charge in [-0.25, -0.2) is 0 Å². The zero-order valence-electron chi connectivity index (χ0n) is 14.1. The quantitative estimate of drug-likeness (QED) is 0.606. The number of hydrogen-bond donors (Lipinski definition) is 0. The Labute approximate surface area is 130 Å². The van der Waals surface area contributed by atoms with E-state index in [1.807, 2.05) is 0 Å². The van der Waals surface area contributed by atoms with Crippen LogP contribution >= 0.6 is 0 Å². The van der Waals surface area contributed by atoms with Gasteiger partial charge in [0.05, 0.1) is 0 Å². The van der Waals surface area contributed by atoms with Crippen molar-refractivity contribution in [3.63, 3.8) is 0 Å². The van der Waals surface area contributed by atoms with Gasteiger partial charge in [0.2, 0.25) is 0 Å². The summed E-state index contributed by atoms with van der Waals surface area (Å²) in [5, 5.41) is 0. The number of rotatable bonds is 3. The van der Waals surface area contributed by atoms with E-state index in [9.17, 15) is 0 Å². The molecule has 0 N–H and O–H groups in total. The predicted molar refractivity (Wildman–Crippen MR) is 92.2 cm³/mol. The molecule has 0 saturated carbocycles. The third-order valence-corrected chi connectivity index (χ3v) is 3.79. The molecule has 0 aliphatic rings. The molecule has 0 amide bonds. The zero-order valence-corrected chi connectivity index (χ0v) is 14.1. The van der Waals surface area contributed by atoms with Crippen molar-refractivity contribution in [1.29, 1.82) is 0 Å². The summed E-state index contributed by atoms with van der Waals surface area (Å²) in [5.41, 5.74) is 5.39. The summed E-state index contributed by atoms with van der Waals surface area (Å²) in [6, 6.07) is 17.7. The van der Waals surface area contributed by atoms with Gasteiger partial charge in [-0.1, -0.05) is 50.5 Å². The minimum Gasteiger partial charge on any atom is -0.119 e. The molecular weight excluding hydrogens is 252 g/mol. The summed E-state index contributed by atoms with van der Waals surface area (Å²) < 4.78 is 0. The average molecular weight is 278 g/mol. The molecule has 110 valence electrons. The highest BCUT2D eigenvalue weighted by atomic mass is 14.3. The molecule has 0 heteroatoms. The summed E-state index contributed by atoms with van der Waals surface area (Å²) in [7, 11) is 0. The van der Waals surface area contributed by atoms with Gasteiger partial charge in [-0.3, -0.25) is 0 Å². The largest absolute Gasteiger partial charge is 0.130 e. The van der Waals surface area contributed by atoms with Gasteiger partial charge in [0, 0.05) is 31.9 Å². The molecule has 0 aromatic heterocycles. The lowest BCUT2D eigenvalue weighted by atomic mass is 9.72. The van der Waals surface area contributed by atoms with Gasteiger partial charge in [-0.15, -0.1) is 17.7 Å². The van der Waals surface area contributed by atoms with Crippen molar-refractivity contribution in [3.05, 3.63) is 82.6 Å². The summed E-state index contributed by atoms with van der Waals surface area (Å²) in [5.74, 6) is 2.77. The highest BCUT2D eigenvalue weighted by molar-refractivity contribution is 5.51. The van der Waals surface area contributed by atoms with Gasteiger partial charge >= 0.3 is 0 Å². The van der Waals surface area contributed by atoms with E-state index in [0.29, 0.717) is 0 Å². The first-order valence-corrected chi connectivity index (χ1v) is 7.64. The van der Waals surface area contributed by atoms with E-state index in [0.717, 1.165) is 0 Å². The Kier molecular flexibility index (Phi) is 4.37. The third kappa shape index (κ3) is 3.64. The van der Waals surface area contributed by atoms with Crippen LogP contribution in [0.5, 0.6) is 0 Å². The number of aryl methyl sites for hydroxylation is 1. The van der Waals surface area contributed by atoms with Crippen LogP contribution in [0, 0.1) is 24.2 Å². The van der Waals surface area contributed by atoms with Crippen LogP contribution in [0.15, 0.2) is 48.5 Å². The van der Waals surface area contributed by atoms with Crippen LogP contribution < -0.4 is 0 Å². The Bertz CT molecular complexity index is 599. The van der Waals surface area contributed by atoms with Crippen molar-refractivity contribution >= 4 is 0 Å². The Hall–Kier alpha value is -1.82. The molecule has 2 aromatic carbocycles. The van der Waals surface area contributed by atoms with E-state index >= 15 is 0 Å². The monoisotopic (exact) mass is 278 g/mol. The summed E-state index contributed by atoms with van der Waals surface area (Å²) in [4.78, 5) is 0. The second kappa shape index (κ2) is 5.89. The topological polar surface area (TPSA) is 0 Å². The fourth-order valence-corrected chi connectivity index (χ4v) is 2.82. The summed E-state index contributed by atoms with van der Waals surface area (Å²) >= 11 is 0. The number of benzene rings is 2. The molecule has 0 bridgehead atoms. The first-order valence-electron chi connectivity index (χ1n) is 7.64. The first-order chi connectivity index (χ1) is 9.79. The summed E-state index contributed by atoms with van der Waals surface area (Å²) in [6.07, 6.45) is 0. The lowest BCUT2D eigenvalue weighted by molar-refractivity contribution is 0.463. The molecule has 0 fully saturated rings. The van der Waals surface area contributed by atoms with E-state index in [2.05, 4.69) is 90.1 Å². The Balaban J connectivity index is 2.54. The molecule has 0 nitrogen and oxygen atoms in total. The van der Waals surface area contributed by atoms with E-state index in [1.165, 1.54) is 34.1 Å². The maximum Gasteiger partial charge on any atom is 0.130 e. The SMILES string of the molecule is Cc1cccc([C-](c2cccc([C+](C)C)c2)C(C)(C)C)c1. The van der Waals surface area contributed by atoms with Gasteiger partial charge in [0.25, 0.3) is 0 Å². The van der Waals surface area contributed by atoms with Gasteiger partial charge in [0.1, 0.15) is 5.56 Å². The molecule has 0 saturated heterocycles. The summed E-state index contributed by atoms with van der Waals surface area (Å²) in [6.45, 7) is 13.4. The van der Waals surface area contributed by atoms with Crippen LogP contribution in [0.2, 0.25) is 0 Å². The van der Waals surface area contributed by atoms with Crippen molar-refractivity contribution in [1.82, 2.24) is 0 Å². The highest BCUT2D eigenvalue weighted by Gasteiger charge is 2.25. The predicted octanol–water partition coefficient (Wildman–Crippen LogP) is 5.97. The van der Waals surface area contributed by atoms with Crippen LogP contribution in [0.25, 0.3) is 0 Å². The first kappa shape index (κ1) is 15.6. The molecule has 0 radical (unpaired) electrons. The van der Waals surface area contributed by atoms with E-state index in [1.54, 1.807) is 0 Å². The second-order valence-corrected chi connectivity index (χ2v) is 7.08. The van der Waals surface area contributed by atoms with Crippen LogP contribution in [-0.4, -0.2) is 0 Å². The van der Waals surface area contributed by atoms with E-state index < -0.39 is 0 Å². The van der Waals surface area contributed by atoms with Crippen LogP contribution in [0.1, 0.15) is 56.9 Å². The van der Waals surface area contributed by atoms with Crippen LogP contribution in [0.4, 0.5) is 0 Å². The highest BCUT2D eigenvalue weighted by Crippen LogP contribution is 2.40. The van der Waals surface area contributed by atoms with Gasteiger partial charge in [0.15, 0.2) is 0 Å². The van der Waals surface area contributed by atoms with E-state index in [4.69, 9.17) is 0 Å². The van der Waals surface area contributed by atoms with Crippen molar-refractivity contribution in [2.24, 2.45) is 5.41 Å². The van der Waals surface area contributed by atoms with E-state index in [-0.39, 0.29) is 5.41 Å². The molecule has 21 heavy (non-hydrogen) atoms. The van der Waals surface area contributed by atoms with Crippen LogP contribution in [-0.2, 0) is 0 Å².